The zero-order chi connectivity index (χ0) is 15.8. The predicted octanol–water partition coefficient (Wildman–Crippen LogP) is 2.10. The van der Waals surface area contributed by atoms with Gasteiger partial charge in [-0.25, -0.2) is 13.1 Å². The average molecular weight is 349 g/mol. The van der Waals surface area contributed by atoms with E-state index in [4.69, 9.17) is 28.9 Å². The largest absolute Gasteiger partial charge is 0.398 e. The number of anilines is 1. The number of aromatic nitrogens is 2. The van der Waals surface area contributed by atoms with E-state index >= 15 is 0 Å². The quantitative estimate of drug-likeness (QED) is 0.827. The van der Waals surface area contributed by atoms with Gasteiger partial charge in [-0.15, -0.1) is 0 Å². The number of nitrogens with zero attached hydrogens (tertiary/aromatic N) is 2. The Morgan fingerprint density at radius 2 is 2.05 bits per heavy atom. The second kappa shape index (κ2) is 5.84. The molecule has 0 atom stereocenters. The summed E-state index contributed by atoms with van der Waals surface area (Å²) in [5.74, 6) is 0. The van der Waals surface area contributed by atoms with E-state index in [2.05, 4.69) is 9.82 Å². The van der Waals surface area contributed by atoms with Crippen molar-refractivity contribution in [2.75, 3.05) is 5.73 Å². The number of nitrogens with two attached hydrogens (primary N) is 1. The number of halogens is 2. The van der Waals surface area contributed by atoms with Gasteiger partial charge in [-0.3, -0.25) is 4.68 Å². The third kappa shape index (κ3) is 3.49. The average Bonchev–Trinajstić information content (AvgIpc) is 2.63. The number of nitrogen functional groups attached to an aromatic ring is 1. The number of aryl methyl sites for hydroxylation is 2. The molecule has 1 heterocycles. The Kier molecular flexibility index (Phi) is 4.48. The molecule has 2 rings (SSSR count). The van der Waals surface area contributed by atoms with Gasteiger partial charge in [0.15, 0.2) is 0 Å². The van der Waals surface area contributed by atoms with Crippen LogP contribution < -0.4 is 10.5 Å². The van der Waals surface area contributed by atoms with E-state index in [0.29, 0.717) is 0 Å². The first-order valence-electron chi connectivity index (χ1n) is 5.94. The van der Waals surface area contributed by atoms with E-state index in [9.17, 15) is 8.42 Å². The van der Waals surface area contributed by atoms with Crippen LogP contribution in [0.15, 0.2) is 23.2 Å². The maximum Gasteiger partial charge on any atom is 0.244 e. The van der Waals surface area contributed by atoms with Gasteiger partial charge in [0.2, 0.25) is 10.0 Å². The molecule has 0 saturated carbocycles. The van der Waals surface area contributed by atoms with Crippen LogP contribution in [-0.4, -0.2) is 18.2 Å². The van der Waals surface area contributed by atoms with Crippen molar-refractivity contribution in [3.8, 4) is 0 Å². The van der Waals surface area contributed by atoms with Crippen LogP contribution in [0.3, 0.4) is 0 Å². The van der Waals surface area contributed by atoms with E-state index in [1.54, 1.807) is 24.9 Å². The minimum Gasteiger partial charge on any atom is -0.398 e. The Balaban J connectivity index is 2.29. The lowest BCUT2D eigenvalue weighted by Crippen LogP contribution is -2.24. The lowest BCUT2D eigenvalue weighted by Gasteiger charge is -2.11. The van der Waals surface area contributed by atoms with Gasteiger partial charge in [0.1, 0.15) is 4.90 Å². The molecular weight excluding hydrogens is 335 g/mol. The molecule has 0 radical (unpaired) electrons. The number of hydrogen-bond donors (Lipinski definition) is 2. The van der Waals surface area contributed by atoms with Gasteiger partial charge >= 0.3 is 0 Å². The van der Waals surface area contributed by atoms with E-state index in [1.807, 2.05) is 0 Å². The van der Waals surface area contributed by atoms with Crippen molar-refractivity contribution in [3.63, 3.8) is 0 Å². The molecule has 1 aromatic carbocycles. The highest BCUT2D eigenvalue weighted by Gasteiger charge is 2.22. The molecule has 0 spiro atoms. The Morgan fingerprint density at radius 1 is 1.38 bits per heavy atom. The second-order valence-electron chi connectivity index (χ2n) is 4.54. The first-order chi connectivity index (χ1) is 9.70. The Bertz CT molecular complexity index is 764. The van der Waals surface area contributed by atoms with Crippen molar-refractivity contribution >= 4 is 38.9 Å². The number of nitrogens with one attached hydrogen (secondary N) is 1. The summed E-state index contributed by atoms with van der Waals surface area (Å²) < 4.78 is 28.7. The fourth-order valence-electron chi connectivity index (χ4n) is 1.93. The first kappa shape index (κ1) is 16.1. The van der Waals surface area contributed by atoms with Crippen LogP contribution >= 0.6 is 23.2 Å². The van der Waals surface area contributed by atoms with Crippen molar-refractivity contribution in [1.29, 1.82) is 0 Å². The molecule has 0 fully saturated rings. The summed E-state index contributed by atoms with van der Waals surface area (Å²) in [5.41, 5.74) is 7.22. The van der Waals surface area contributed by atoms with E-state index in [1.165, 1.54) is 12.1 Å². The molecule has 0 bridgehead atoms. The molecular formula is C12H14Cl2N4O2S. The summed E-state index contributed by atoms with van der Waals surface area (Å²) in [6.45, 7) is 1.90. The third-order valence-electron chi connectivity index (χ3n) is 2.87. The van der Waals surface area contributed by atoms with Crippen LogP contribution in [-0.2, 0) is 23.6 Å². The zero-order valence-corrected chi connectivity index (χ0v) is 13.7. The summed E-state index contributed by atoms with van der Waals surface area (Å²) >= 11 is 11.7. The van der Waals surface area contributed by atoms with Gasteiger partial charge in [-0.1, -0.05) is 23.2 Å². The molecule has 21 heavy (non-hydrogen) atoms. The third-order valence-corrected chi connectivity index (χ3v) is 5.02. The maximum atomic E-state index is 12.3. The minimum atomic E-state index is -3.85. The standard InChI is InChI=1S/C12H14Cl2N4O2S/c1-7-8(6-18(2)17-7)5-16-21(19,20)12-10(14)3-9(13)4-11(12)15/h3-4,6,16H,5,15H2,1-2H3. The van der Waals surface area contributed by atoms with Crippen molar-refractivity contribution in [2.24, 2.45) is 7.05 Å². The fraction of sp³-hybridized carbons (Fsp3) is 0.250. The van der Waals surface area contributed by atoms with Crippen molar-refractivity contribution in [3.05, 3.63) is 39.6 Å². The summed E-state index contributed by atoms with van der Waals surface area (Å²) in [7, 11) is -2.08. The van der Waals surface area contributed by atoms with Crippen LogP contribution in [0.25, 0.3) is 0 Å². The predicted molar refractivity (Wildman–Crippen MR) is 82.8 cm³/mol. The lowest BCUT2D eigenvalue weighted by atomic mass is 10.3. The fourth-order valence-corrected chi connectivity index (χ4v) is 3.92. The van der Waals surface area contributed by atoms with Gasteiger partial charge < -0.3 is 5.73 Å². The van der Waals surface area contributed by atoms with Gasteiger partial charge in [-0.05, 0) is 19.1 Å². The van der Waals surface area contributed by atoms with Gasteiger partial charge in [0, 0.05) is 30.4 Å². The monoisotopic (exact) mass is 348 g/mol. The van der Waals surface area contributed by atoms with E-state index in [0.717, 1.165) is 11.3 Å². The molecule has 114 valence electrons. The number of benzene rings is 1. The first-order valence-corrected chi connectivity index (χ1v) is 8.18. The van der Waals surface area contributed by atoms with Crippen molar-refractivity contribution in [2.45, 2.75) is 18.4 Å². The Morgan fingerprint density at radius 3 is 2.57 bits per heavy atom. The summed E-state index contributed by atoms with van der Waals surface area (Å²) in [4.78, 5) is -0.171. The smallest absolute Gasteiger partial charge is 0.244 e. The van der Waals surface area contributed by atoms with Gasteiger partial charge in [0.05, 0.1) is 16.4 Å². The maximum absolute atomic E-state index is 12.3. The summed E-state index contributed by atoms with van der Waals surface area (Å²) in [6.07, 6.45) is 1.74. The van der Waals surface area contributed by atoms with Crippen LogP contribution in [0.2, 0.25) is 10.0 Å². The number of hydrogen-bond acceptors (Lipinski definition) is 4. The second-order valence-corrected chi connectivity index (χ2v) is 7.09. The number of rotatable bonds is 4. The Hall–Kier alpha value is -1.28. The molecule has 0 amide bonds. The highest BCUT2D eigenvalue weighted by molar-refractivity contribution is 7.89. The summed E-state index contributed by atoms with van der Waals surface area (Å²) in [5, 5.41) is 4.40. The normalized spacial score (nSPS) is 11.8. The molecule has 0 unspecified atom stereocenters. The van der Waals surface area contributed by atoms with Crippen molar-refractivity contribution < 1.29 is 8.42 Å². The van der Waals surface area contributed by atoms with Crippen LogP contribution in [0.1, 0.15) is 11.3 Å². The van der Waals surface area contributed by atoms with Gasteiger partial charge in [0.25, 0.3) is 0 Å². The molecule has 3 N–H and O–H groups in total. The molecule has 0 aliphatic rings. The molecule has 0 aliphatic carbocycles. The van der Waals surface area contributed by atoms with Crippen LogP contribution in [0.5, 0.6) is 0 Å². The molecule has 6 nitrogen and oxygen atoms in total. The molecule has 2 aromatic rings. The topological polar surface area (TPSA) is 90.0 Å². The number of sulfonamides is 1. The highest BCUT2D eigenvalue weighted by Crippen LogP contribution is 2.31. The van der Waals surface area contributed by atoms with Crippen LogP contribution in [0.4, 0.5) is 5.69 Å². The molecule has 1 aromatic heterocycles. The minimum absolute atomic E-state index is 0.00269. The lowest BCUT2D eigenvalue weighted by molar-refractivity contribution is 0.581. The zero-order valence-electron chi connectivity index (χ0n) is 11.4. The van der Waals surface area contributed by atoms with E-state index in [-0.39, 0.29) is 27.2 Å². The summed E-state index contributed by atoms with van der Waals surface area (Å²) in [6, 6.07) is 2.68. The molecule has 0 saturated heterocycles. The molecule has 0 aliphatic heterocycles. The van der Waals surface area contributed by atoms with E-state index < -0.39 is 10.0 Å². The highest BCUT2D eigenvalue weighted by atomic mass is 35.5. The Labute approximate surface area is 132 Å². The van der Waals surface area contributed by atoms with Crippen LogP contribution in [0, 0.1) is 6.92 Å². The van der Waals surface area contributed by atoms with Crippen molar-refractivity contribution in [1.82, 2.24) is 14.5 Å². The molecule has 9 heteroatoms. The SMILES string of the molecule is Cc1nn(C)cc1CNS(=O)(=O)c1c(N)cc(Cl)cc1Cl. The van der Waals surface area contributed by atoms with Gasteiger partial charge in [-0.2, -0.15) is 5.10 Å².